The van der Waals surface area contributed by atoms with Crippen molar-refractivity contribution in [3.63, 3.8) is 0 Å². The summed E-state index contributed by atoms with van der Waals surface area (Å²) in [6.07, 6.45) is -3.84. The predicted octanol–water partition coefficient (Wildman–Crippen LogP) is 7.03. The van der Waals surface area contributed by atoms with Crippen LogP contribution >= 0.6 is 34.8 Å². The molecule has 1 fully saturated rings. The monoisotopic (exact) mass is 599 g/mol. The first-order valence-corrected chi connectivity index (χ1v) is 11.6. The molecule has 15 heteroatoms. The van der Waals surface area contributed by atoms with Gasteiger partial charge >= 0.3 is 17.9 Å². The Labute approximate surface area is 231 Å². The van der Waals surface area contributed by atoms with E-state index in [1.165, 1.54) is 36.4 Å². The molecule has 0 unspecified atom stereocenters. The van der Waals surface area contributed by atoms with E-state index in [1.807, 2.05) is 5.32 Å². The van der Waals surface area contributed by atoms with Gasteiger partial charge in [0, 0.05) is 16.7 Å². The summed E-state index contributed by atoms with van der Waals surface area (Å²) in [5.74, 6) is -2.89. The molecule has 0 spiro atoms. The van der Waals surface area contributed by atoms with Gasteiger partial charge in [0.2, 0.25) is 5.75 Å². The third-order valence-electron chi connectivity index (χ3n) is 5.24. The molecular formula is C24H11Cl3F3N3O6. The summed E-state index contributed by atoms with van der Waals surface area (Å²) in [4.78, 5) is 49.3. The minimum Gasteiger partial charge on any atom is -0.449 e. The number of rotatable bonds is 5. The van der Waals surface area contributed by atoms with E-state index in [-0.39, 0.29) is 32.1 Å². The molecule has 3 aromatic rings. The lowest BCUT2D eigenvalue weighted by Crippen LogP contribution is -2.54. The molecule has 1 saturated heterocycles. The van der Waals surface area contributed by atoms with Crippen molar-refractivity contribution in [3.8, 4) is 11.5 Å². The Bertz CT molecular complexity index is 1590. The molecule has 3 aromatic carbocycles. The van der Waals surface area contributed by atoms with Gasteiger partial charge in [0.05, 0.1) is 26.2 Å². The van der Waals surface area contributed by atoms with Gasteiger partial charge in [0.15, 0.2) is 0 Å². The van der Waals surface area contributed by atoms with E-state index in [0.717, 1.165) is 12.1 Å². The van der Waals surface area contributed by atoms with Gasteiger partial charge in [0.1, 0.15) is 11.3 Å². The second kappa shape index (κ2) is 10.6. The van der Waals surface area contributed by atoms with Gasteiger partial charge in [-0.25, -0.2) is 9.69 Å². The van der Waals surface area contributed by atoms with Crippen LogP contribution in [-0.4, -0.2) is 22.8 Å². The number of hydrogen-bond donors (Lipinski definition) is 1. The molecule has 1 N–H and O–H groups in total. The number of hydrogen-bond acceptors (Lipinski definition) is 6. The second-order valence-electron chi connectivity index (χ2n) is 7.78. The van der Waals surface area contributed by atoms with Crippen LogP contribution in [0.3, 0.4) is 0 Å². The molecule has 4 rings (SSSR count). The van der Waals surface area contributed by atoms with Crippen molar-refractivity contribution in [2.75, 3.05) is 4.90 Å². The third-order valence-corrected chi connectivity index (χ3v) is 6.21. The maximum atomic E-state index is 13.2. The molecule has 0 aromatic heterocycles. The summed E-state index contributed by atoms with van der Waals surface area (Å²) in [7, 11) is 0. The maximum Gasteiger partial charge on any atom is 0.416 e. The number of anilines is 1. The SMILES string of the molecule is O=C1NC(=O)N(c2ccc(Cl)c(Cl)c2)C(=O)/C1=C/c1cc(Cl)ccc1Oc1ccc(C(F)(F)F)cc1[N+](=O)[O-]. The number of nitrogens with one attached hydrogen (secondary N) is 1. The maximum absolute atomic E-state index is 13.2. The fourth-order valence-corrected chi connectivity index (χ4v) is 3.91. The van der Waals surface area contributed by atoms with Gasteiger partial charge in [0.25, 0.3) is 11.8 Å². The Kier molecular flexibility index (Phi) is 7.55. The van der Waals surface area contributed by atoms with E-state index in [4.69, 9.17) is 39.5 Å². The first-order valence-electron chi connectivity index (χ1n) is 10.5. The van der Waals surface area contributed by atoms with E-state index >= 15 is 0 Å². The number of imide groups is 2. The van der Waals surface area contributed by atoms with Crippen LogP contribution in [0.15, 0.2) is 60.2 Å². The van der Waals surface area contributed by atoms with E-state index in [1.54, 1.807) is 0 Å². The highest BCUT2D eigenvalue weighted by atomic mass is 35.5. The van der Waals surface area contributed by atoms with Gasteiger partial charge in [-0.05, 0) is 54.6 Å². The molecule has 0 bridgehead atoms. The van der Waals surface area contributed by atoms with Crippen LogP contribution < -0.4 is 15.0 Å². The Morgan fingerprint density at radius 1 is 0.923 bits per heavy atom. The quantitative estimate of drug-likeness (QED) is 0.145. The van der Waals surface area contributed by atoms with Crippen molar-refractivity contribution in [3.05, 3.63) is 96.5 Å². The van der Waals surface area contributed by atoms with E-state index < -0.39 is 51.5 Å². The van der Waals surface area contributed by atoms with Crippen LogP contribution in [0.1, 0.15) is 11.1 Å². The number of barbiturate groups is 1. The van der Waals surface area contributed by atoms with Gasteiger partial charge in [-0.15, -0.1) is 0 Å². The fourth-order valence-electron chi connectivity index (χ4n) is 3.44. The van der Waals surface area contributed by atoms with Crippen LogP contribution in [0.25, 0.3) is 6.08 Å². The Morgan fingerprint density at radius 3 is 2.26 bits per heavy atom. The van der Waals surface area contributed by atoms with Crippen molar-refractivity contribution in [1.29, 1.82) is 0 Å². The molecule has 200 valence electrons. The van der Waals surface area contributed by atoms with Crippen molar-refractivity contribution in [2.24, 2.45) is 0 Å². The van der Waals surface area contributed by atoms with Crippen molar-refractivity contribution in [2.45, 2.75) is 6.18 Å². The molecule has 4 amide bonds. The molecule has 1 aliphatic rings. The van der Waals surface area contributed by atoms with E-state index in [0.29, 0.717) is 17.0 Å². The number of nitro benzene ring substituents is 1. The van der Waals surface area contributed by atoms with Gasteiger partial charge in [-0.2, -0.15) is 13.2 Å². The zero-order valence-electron chi connectivity index (χ0n) is 18.9. The molecule has 0 saturated carbocycles. The summed E-state index contributed by atoms with van der Waals surface area (Å²) in [5, 5.41) is 13.7. The Balaban J connectivity index is 1.77. The number of carbonyl (C=O) groups is 3. The summed E-state index contributed by atoms with van der Waals surface area (Å²) in [5.41, 5.74) is -2.88. The molecule has 1 heterocycles. The number of urea groups is 1. The number of ether oxygens (including phenoxy) is 1. The van der Waals surface area contributed by atoms with Crippen molar-refractivity contribution in [1.82, 2.24) is 5.32 Å². The number of benzene rings is 3. The zero-order chi connectivity index (χ0) is 28.6. The minimum atomic E-state index is -4.84. The third kappa shape index (κ3) is 5.82. The van der Waals surface area contributed by atoms with Crippen molar-refractivity contribution < 1.29 is 37.2 Å². The first kappa shape index (κ1) is 27.9. The topological polar surface area (TPSA) is 119 Å². The molecule has 39 heavy (non-hydrogen) atoms. The van der Waals surface area contributed by atoms with E-state index in [9.17, 15) is 37.7 Å². The highest BCUT2D eigenvalue weighted by molar-refractivity contribution is 6.43. The molecule has 0 atom stereocenters. The lowest BCUT2D eigenvalue weighted by molar-refractivity contribution is -0.385. The van der Waals surface area contributed by atoms with Crippen LogP contribution in [0.5, 0.6) is 11.5 Å². The highest BCUT2D eigenvalue weighted by Gasteiger charge is 2.37. The van der Waals surface area contributed by atoms with Gasteiger partial charge in [-0.3, -0.25) is 25.0 Å². The zero-order valence-corrected chi connectivity index (χ0v) is 21.2. The van der Waals surface area contributed by atoms with Gasteiger partial charge < -0.3 is 4.74 Å². The lowest BCUT2D eigenvalue weighted by Gasteiger charge is -2.26. The van der Waals surface area contributed by atoms with Crippen molar-refractivity contribution >= 4 is 70.1 Å². The number of nitrogens with zero attached hydrogens (tertiary/aromatic N) is 2. The number of carbonyl (C=O) groups excluding carboxylic acids is 3. The van der Waals surface area contributed by atoms with E-state index in [2.05, 4.69) is 0 Å². The predicted molar refractivity (Wildman–Crippen MR) is 135 cm³/mol. The normalized spacial score (nSPS) is 15.0. The lowest BCUT2D eigenvalue weighted by atomic mass is 10.1. The van der Waals surface area contributed by atoms with Crippen LogP contribution in [0.2, 0.25) is 15.1 Å². The minimum absolute atomic E-state index is 0.00625. The Hall–Kier alpha value is -4.13. The van der Waals surface area contributed by atoms with Crippen LogP contribution in [-0.2, 0) is 15.8 Å². The Morgan fingerprint density at radius 2 is 1.62 bits per heavy atom. The standard InChI is InChI=1S/C24H11Cl3F3N3O6/c25-13-2-6-19(39-20-5-1-12(24(28,29)30)9-18(20)33(37)38)11(7-13)8-15-21(34)31-23(36)32(22(15)35)14-3-4-16(26)17(27)10-14/h1-10H,(H,31,34,36)/b15-8+. The molecular weight excluding hydrogens is 590 g/mol. The molecule has 0 radical (unpaired) electrons. The summed E-state index contributed by atoms with van der Waals surface area (Å²) < 4.78 is 44.7. The summed E-state index contributed by atoms with van der Waals surface area (Å²) in [6.45, 7) is 0. The van der Waals surface area contributed by atoms with Crippen LogP contribution in [0.4, 0.5) is 29.3 Å². The second-order valence-corrected chi connectivity index (χ2v) is 9.03. The fraction of sp³-hybridized carbons (Fsp3) is 0.0417. The average molecular weight is 601 g/mol. The molecule has 9 nitrogen and oxygen atoms in total. The number of amides is 4. The summed E-state index contributed by atoms with van der Waals surface area (Å²) in [6, 6.07) is 8.24. The molecule has 1 aliphatic heterocycles. The number of halogens is 6. The first-order chi connectivity index (χ1) is 18.3. The number of alkyl halides is 3. The highest BCUT2D eigenvalue weighted by Crippen LogP contribution is 2.39. The van der Waals surface area contributed by atoms with Crippen LogP contribution in [0, 0.1) is 10.1 Å². The number of nitro groups is 1. The average Bonchev–Trinajstić information content (AvgIpc) is 2.84. The largest absolute Gasteiger partial charge is 0.449 e. The summed E-state index contributed by atoms with van der Waals surface area (Å²) >= 11 is 17.9. The molecule has 0 aliphatic carbocycles. The van der Waals surface area contributed by atoms with Gasteiger partial charge in [-0.1, -0.05) is 34.8 Å². The smallest absolute Gasteiger partial charge is 0.416 e.